The molecule has 1 fully saturated rings. The van der Waals surface area contributed by atoms with Crippen molar-refractivity contribution in [2.24, 2.45) is 0 Å². The molecule has 3 nitrogen and oxygen atoms in total. The first-order valence-corrected chi connectivity index (χ1v) is 7.14. The highest BCUT2D eigenvalue weighted by Crippen LogP contribution is 2.33. The molecule has 0 spiro atoms. The van der Waals surface area contributed by atoms with Gasteiger partial charge in [0.25, 0.3) is 0 Å². The van der Waals surface area contributed by atoms with Crippen molar-refractivity contribution in [1.29, 1.82) is 0 Å². The van der Waals surface area contributed by atoms with E-state index in [-0.39, 0.29) is 1.43 Å². The van der Waals surface area contributed by atoms with E-state index in [2.05, 4.69) is 34.2 Å². The number of rotatable bonds is 2. The average molecular weight is 283 g/mol. The number of pyridine rings is 1. The quantitative estimate of drug-likeness (QED) is 0.772. The number of H-pyrrole nitrogens is 1. The van der Waals surface area contributed by atoms with E-state index in [0.717, 1.165) is 28.2 Å². The minimum atomic E-state index is -0.733. The number of alkyl halides is 1. The van der Waals surface area contributed by atoms with E-state index in [1.165, 1.54) is 5.39 Å². The van der Waals surface area contributed by atoms with E-state index in [0.29, 0.717) is 13.1 Å². The SMILES string of the molecule is Cc1cnc(N2CC(F)C2)c(-c2cc3ccccc3[nH]2)c1.[HH]. The number of aryl methyl sites for hydroxylation is 1. The molecule has 3 aromatic rings. The largest absolute Gasteiger partial charge is 0.354 e. The zero-order valence-electron chi connectivity index (χ0n) is 11.8. The van der Waals surface area contributed by atoms with Crippen LogP contribution in [-0.2, 0) is 0 Å². The standard InChI is InChI=1S/C17H16FN3.H2/c1-11-6-14(17(19-8-11)21-9-13(18)10-21)16-7-12-4-2-3-5-15(12)20-16;/h2-8,13,20H,9-10H2,1H3;1H. The van der Waals surface area contributed by atoms with Crippen LogP contribution in [0, 0.1) is 6.92 Å². The molecule has 1 saturated heterocycles. The number of nitrogens with one attached hydrogen (secondary N) is 1. The van der Waals surface area contributed by atoms with Crippen LogP contribution in [0.2, 0.25) is 0 Å². The number of hydrogen-bond acceptors (Lipinski definition) is 2. The van der Waals surface area contributed by atoms with Gasteiger partial charge in [0.1, 0.15) is 12.0 Å². The Labute approximate surface area is 123 Å². The second-order valence-electron chi connectivity index (χ2n) is 5.66. The molecule has 3 heterocycles. The number of hydrogen-bond donors (Lipinski definition) is 1. The van der Waals surface area contributed by atoms with Crippen LogP contribution in [-0.4, -0.2) is 29.2 Å². The van der Waals surface area contributed by atoms with Gasteiger partial charge in [0.15, 0.2) is 0 Å². The fraction of sp³-hybridized carbons (Fsp3) is 0.235. The molecule has 0 aliphatic carbocycles. The second kappa shape index (κ2) is 4.58. The van der Waals surface area contributed by atoms with Gasteiger partial charge in [-0.2, -0.15) is 0 Å². The molecular formula is C17H18FN3. The minimum absolute atomic E-state index is 0. The van der Waals surface area contributed by atoms with Gasteiger partial charge < -0.3 is 9.88 Å². The highest BCUT2D eigenvalue weighted by molar-refractivity contribution is 5.88. The number of halogens is 1. The number of anilines is 1. The van der Waals surface area contributed by atoms with Crippen molar-refractivity contribution < 1.29 is 5.82 Å². The van der Waals surface area contributed by atoms with E-state index in [9.17, 15) is 4.39 Å². The molecule has 4 rings (SSSR count). The molecule has 1 N–H and O–H groups in total. The fourth-order valence-electron chi connectivity index (χ4n) is 2.83. The Morgan fingerprint density at radius 3 is 2.86 bits per heavy atom. The molecule has 2 aromatic heterocycles. The lowest BCUT2D eigenvalue weighted by molar-refractivity contribution is 0.273. The molecule has 0 unspecified atom stereocenters. The number of benzene rings is 1. The van der Waals surface area contributed by atoms with Crippen molar-refractivity contribution in [3.05, 3.63) is 48.2 Å². The van der Waals surface area contributed by atoms with Gasteiger partial charge in [-0.15, -0.1) is 0 Å². The number of para-hydroxylation sites is 1. The van der Waals surface area contributed by atoms with Crippen molar-refractivity contribution in [3.63, 3.8) is 0 Å². The van der Waals surface area contributed by atoms with Crippen molar-refractivity contribution in [1.82, 2.24) is 9.97 Å². The monoisotopic (exact) mass is 283 g/mol. The summed E-state index contributed by atoms with van der Waals surface area (Å²) in [7, 11) is 0. The van der Waals surface area contributed by atoms with Gasteiger partial charge in [0.2, 0.25) is 0 Å². The fourth-order valence-corrected chi connectivity index (χ4v) is 2.83. The molecule has 0 amide bonds. The summed E-state index contributed by atoms with van der Waals surface area (Å²) in [6.07, 6.45) is 1.11. The van der Waals surface area contributed by atoms with Gasteiger partial charge in [0.05, 0.1) is 18.8 Å². The Bertz CT molecular complexity index is 776. The third kappa shape index (κ3) is 2.07. The minimum Gasteiger partial charge on any atom is -0.354 e. The highest BCUT2D eigenvalue weighted by Gasteiger charge is 2.29. The number of aromatic nitrogens is 2. The molecule has 1 aliphatic rings. The molecule has 0 saturated carbocycles. The molecule has 0 radical (unpaired) electrons. The van der Waals surface area contributed by atoms with E-state index in [1.54, 1.807) is 0 Å². The highest BCUT2D eigenvalue weighted by atomic mass is 19.1. The van der Waals surface area contributed by atoms with Gasteiger partial charge in [-0.3, -0.25) is 0 Å². The van der Waals surface area contributed by atoms with Crippen molar-refractivity contribution >= 4 is 16.7 Å². The lowest BCUT2D eigenvalue weighted by atomic mass is 10.1. The van der Waals surface area contributed by atoms with Gasteiger partial charge in [0, 0.05) is 24.1 Å². The Balaban J connectivity index is 0.00000144. The van der Waals surface area contributed by atoms with Crippen LogP contribution in [0.4, 0.5) is 10.2 Å². The predicted octanol–water partition coefficient (Wildman–Crippen LogP) is 3.94. The summed E-state index contributed by atoms with van der Waals surface area (Å²) in [6, 6.07) is 12.4. The smallest absolute Gasteiger partial charge is 0.138 e. The summed E-state index contributed by atoms with van der Waals surface area (Å²) in [4.78, 5) is 9.94. The van der Waals surface area contributed by atoms with Crippen LogP contribution < -0.4 is 4.90 Å². The topological polar surface area (TPSA) is 31.9 Å². The van der Waals surface area contributed by atoms with Gasteiger partial charge >= 0.3 is 0 Å². The third-order valence-electron chi connectivity index (χ3n) is 3.96. The summed E-state index contributed by atoms with van der Waals surface area (Å²) in [5, 5.41) is 1.17. The number of fused-ring (bicyclic) bond motifs is 1. The molecule has 21 heavy (non-hydrogen) atoms. The van der Waals surface area contributed by atoms with Crippen LogP contribution in [0.5, 0.6) is 0 Å². The van der Waals surface area contributed by atoms with Gasteiger partial charge in [-0.1, -0.05) is 18.2 Å². The van der Waals surface area contributed by atoms with Crippen LogP contribution in [0.25, 0.3) is 22.2 Å². The Morgan fingerprint density at radius 1 is 1.29 bits per heavy atom. The number of nitrogens with zero attached hydrogens (tertiary/aromatic N) is 2. The van der Waals surface area contributed by atoms with Crippen LogP contribution in [0.3, 0.4) is 0 Å². The van der Waals surface area contributed by atoms with E-state index < -0.39 is 6.17 Å². The zero-order valence-corrected chi connectivity index (χ0v) is 11.8. The molecule has 1 aromatic carbocycles. The Morgan fingerprint density at radius 2 is 2.10 bits per heavy atom. The second-order valence-corrected chi connectivity index (χ2v) is 5.66. The average Bonchev–Trinajstić information content (AvgIpc) is 2.88. The zero-order chi connectivity index (χ0) is 14.4. The first-order chi connectivity index (χ1) is 10.2. The molecule has 108 valence electrons. The maximum atomic E-state index is 13.2. The number of aromatic amines is 1. The predicted molar refractivity (Wildman–Crippen MR) is 85.5 cm³/mol. The molecule has 0 atom stereocenters. The lowest BCUT2D eigenvalue weighted by Crippen LogP contribution is -2.49. The maximum Gasteiger partial charge on any atom is 0.138 e. The van der Waals surface area contributed by atoms with Crippen molar-refractivity contribution in [3.8, 4) is 11.3 Å². The lowest BCUT2D eigenvalue weighted by Gasteiger charge is -2.36. The third-order valence-corrected chi connectivity index (χ3v) is 3.96. The normalized spacial score (nSPS) is 15.4. The van der Waals surface area contributed by atoms with Crippen molar-refractivity contribution in [2.45, 2.75) is 13.1 Å². The molecule has 0 bridgehead atoms. The van der Waals surface area contributed by atoms with Crippen molar-refractivity contribution in [2.75, 3.05) is 18.0 Å². The van der Waals surface area contributed by atoms with E-state index >= 15 is 0 Å². The first kappa shape index (κ1) is 12.4. The molecule has 4 heteroatoms. The van der Waals surface area contributed by atoms with E-state index in [4.69, 9.17) is 0 Å². The Kier molecular flexibility index (Phi) is 2.70. The van der Waals surface area contributed by atoms with Gasteiger partial charge in [-0.25, -0.2) is 9.37 Å². The first-order valence-electron chi connectivity index (χ1n) is 7.14. The Hall–Kier alpha value is -2.36. The van der Waals surface area contributed by atoms with E-state index in [1.807, 2.05) is 30.2 Å². The van der Waals surface area contributed by atoms with Crippen LogP contribution in [0.15, 0.2) is 42.6 Å². The summed E-state index contributed by atoms with van der Waals surface area (Å²) < 4.78 is 13.2. The van der Waals surface area contributed by atoms with Crippen LogP contribution >= 0.6 is 0 Å². The molecule has 1 aliphatic heterocycles. The summed E-state index contributed by atoms with van der Waals surface area (Å²) in [6.45, 7) is 2.89. The van der Waals surface area contributed by atoms with Crippen LogP contribution in [0.1, 0.15) is 6.99 Å². The maximum absolute atomic E-state index is 13.2. The summed E-state index contributed by atoms with van der Waals surface area (Å²) in [5.41, 5.74) is 4.28. The molecular weight excluding hydrogens is 265 g/mol. The van der Waals surface area contributed by atoms with Gasteiger partial charge in [-0.05, 0) is 30.7 Å². The summed E-state index contributed by atoms with van der Waals surface area (Å²) >= 11 is 0. The summed E-state index contributed by atoms with van der Waals surface area (Å²) in [5.74, 6) is 0.862.